The summed E-state index contributed by atoms with van der Waals surface area (Å²) < 4.78 is 0. The van der Waals surface area contributed by atoms with Gasteiger partial charge in [0.15, 0.2) is 0 Å². The average molecular weight is 409 g/mol. The Morgan fingerprint density at radius 3 is 2.23 bits per heavy atom. The van der Waals surface area contributed by atoms with Crippen LogP contribution < -0.4 is 10.6 Å². The molecule has 30 heavy (non-hydrogen) atoms. The second-order valence-electron chi connectivity index (χ2n) is 7.57. The molecule has 1 heterocycles. The molecule has 1 aliphatic rings. The van der Waals surface area contributed by atoms with Crippen molar-refractivity contribution < 1.29 is 14.4 Å². The lowest BCUT2D eigenvalue weighted by Crippen LogP contribution is -2.47. The van der Waals surface area contributed by atoms with Crippen LogP contribution in [0.15, 0.2) is 48.5 Å². The van der Waals surface area contributed by atoms with Gasteiger partial charge in [0, 0.05) is 43.9 Å². The molecule has 2 aromatic carbocycles. The number of likely N-dealkylation sites (N-methyl/N-ethyl adjacent to an activating group) is 1. The summed E-state index contributed by atoms with van der Waals surface area (Å²) in [5.74, 6) is -0.498. The van der Waals surface area contributed by atoms with Crippen LogP contribution in [0.3, 0.4) is 0 Å². The molecule has 7 heteroatoms. The van der Waals surface area contributed by atoms with Gasteiger partial charge >= 0.3 is 0 Å². The summed E-state index contributed by atoms with van der Waals surface area (Å²) in [5.41, 5.74) is 2.97. The van der Waals surface area contributed by atoms with Crippen molar-refractivity contribution in [2.24, 2.45) is 0 Å². The smallest absolute Gasteiger partial charge is 0.253 e. The first kappa shape index (κ1) is 21.5. The lowest BCUT2D eigenvalue weighted by molar-refractivity contribution is -0.120. The largest absolute Gasteiger partial charge is 0.350 e. The van der Waals surface area contributed by atoms with Crippen LogP contribution in [0, 0.1) is 6.92 Å². The first-order valence-corrected chi connectivity index (χ1v) is 10.1. The summed E-state index contributed by atoms with van der Waals surface area (Å²) in [5, 5.41) is 5.42. The maximum atomic E-state index is 12.6. The van der Waals surface area contributed by atoms with Crippen LogP contribution in [0.1, 0.15) is 31.8 Å². The number of piperazine rings is 1. The molecule has 1 saturated heterocycles. The molecule has 0 saturated carbocycles. The number of nitrogens with zero attached hydrogens (tertiary/aromatic N) is 2. The van der Waals surface area contributed by atoms with E-state index in [1.807, 2.05) is 36.1 Å². The van der Waals surface area contributed by atoms with Gasteiger partial charge < -0.3 is 20.4 Å². The molecule has 0 unspecified atom stereocenters. The molecular weight excluding hydrogens is 380 g/mol. The van der Waals surface area contributed by atoms with Gasteiger partial charge in [-0.05, 0) is 43.3 Å². The molecule has 3 rings (SSSR count). The molecule has 7 nitrogen and oxygen atoms in total. The van der Waals surface area contributed by atoms with Gasteiger partial charge in [0.1, 0.15) is 0 Å². The molecule has 1 aliphatic heterocycles. The molecular formula is C23H28N4O3. The SMILES string of the molecule is Cc1ccccc1C(=O)NCC(=O)NCc1ccc(C(=O)N2CCN(C)CC2)cc1. The first-order chi connectivity index (χ1) is 14.4. The quantitative estimate of drug-likeness (QED) is 0.758. The van der Waals surface area contributed by atoms with Crippen LogP contribution in [0.5, 0.6) is 0 Å². The highest BCUT2D eigenvalue weighted by Crippen LogP contribution is 2.10. The van der Waals surface area contributed by atoms with E-state index in [0.717, 1.165) is 37.3 Å². The van der Waals surface area contributed by atoms with Crippen LogP contribution in [0.25, 0.3) is 0 Å². The second kappa shape index (κ2) is 10.0. The predicted octanol–water partition coefficient (Wildman–Crippen LogP) is 1.43. The second-order valence-corrected chi connectivity index (χ2v) is 7.57. The topological polar surface area (TPSA) is 81.8 Å². The Labute approximate surface area is 177 Å². The zero-order valence-corrected chi connectivity index (χ0v) is 17.5. The number of hydrogen-bond acceptors (Lipinski definition) is 4. The number of carbonyl (C=O) groups excluding carboxylic acids is 3. The van der Waals surface area contributed by atoms with Crippen LogP contribution in [0.4, 0.5) is 0 Å². The number of benzene rings is 2. The van der Waals surface area contributed by atoms with Crippen LogP contribution in [-0.4, -0.2) is 67.3 Å². The summed E-state index contributed by atoms with van der Waals surface area (Å²) in [6, 6.07) is 14.5. The van der Waals surface area contributed by atoms with E-state index in [1.54, 1.807) is 24.3 Å². The minimum absolute atomic E-state index is 0.0394. The van der Waals surface area contributed by atoms with Gasteiger partial charge in [-0.1, -0.05) is 30.3 Å². The summed E-state index contributed by atoms with van der Waals surface area (Å²) >= 11 is 0. The summed E-state index contributed by atoms with van der Waals surface area (Å²) in [6.07, 6.45) is 0. The number of amides is 3. The maximum absolute atomic E-state index is 12.6. The zero-order chi connectivity index (χ0) is 21.5. The van der Waals surface area contributed by atoms with E-state index in [1.165, 1.54) is 0 Å². The fraction of sp³-hybridized carbons (Fsp3) is 0.348. The summed E-state index contributed by atoms with van der Waals surface area (Å²) in [6.45, 7) is 5.34. The number of hydrogen-bond donors (Lipinski definition) is 2. The Hall–Kier alpha value is -3.19. The molecule has 0 aliphatic carbocycles. The van der Waals surface area contributed by atoms with Crippen molar-refractivity contribution in [1.82, 2.24) is 20.4 Å². The van der Waals surface area contributed by atoms with E-state index < -0.39 is 0 Å². The van der Waals surface area contributed by atoms with Crippen molar-refractivity contribution >= 4 is 17.7 Å². The molecule has 0 atom stereocenters. The van der Waals surface area contributed by atoms with Crippen molar-refractivity contribution in [3.8, 4) is 0 Å². The van der Waals surface area contributed by atoms with Gasteiger partial charge in [-0.3, -0.25) is 14.4 Å². The Morgan fingerprint density at radius 1 is 0.900 bits per heavy atom. The number of aryl methyl sites for hydroxylation is 1. The van der Waals surface area contributed by atoms with Gasteiger partial charge in [-0.15, -0.1) is 0 Å². The lowest BCUT2D eigenvalue weighted by Gasteiger charge is -2.32. The summed E-state index contributed by atoms with van der Waals surface area (Å²) in [4.78, 5) is 40.9. The molecule has 0 spiro atoms. The predicted molar refractivity (Wildman–Crippen MR) is 115 cm³/mol. The minimum atomic E-state index is -0.269. The highest BCUT2D eigenvalue weighted by Gasteiger charge is 2.20. The third-order valence-electron chi connectivity index (χ3n) is 5.28. The van der Waals surface area contributed by atoms with Gasteiger partial charge in [0.25, 0.3) is 11.8 Å². The molecule has 2 aromatic rings. The molecule has 3 amide bonds. The van der Waals surface area contributed by atoms with Crippen molar-refractivity contribution in [2.75, 3.05) is 39.8 Å². The summed E-state index contributed by atoms with van der Waals surface area (Å²) in [7, 11) is 2.05. The van der Waals surface area contributed by atoms with Gasteiger partial charge in [-0.25, -0.2) is 0 Å². The molecule has 1 fully saturated rings. The first-order valence-electron chi connectivity index (χ1n) is 10.1. The van der Waals surface area contributed by atoms with E-state index in [2.05, 4.69) is 22.6 Å². The highest BCUT2D eigenvalue weighted by atomic mass is 16.2. The Balaban J connectivity index is 1.44. The number of carbonyl (C=O) groups is 3. The lowest BCUT2D eigenvalue weighted by atomic mass is 10.1. The number of nitrogens with one attached hydrogen (secondary N) is 2. The number of rotatable bonds is 6. The molecule has 0 bridgehead atoms. The van der Waals surface area contributed by atoms with Gasteiger partial charge in [0.05, 0.1) is 6.54 Å². The Morgan fingerprint density at radius 2 is 1.57 bits per heavy atom. The van der Waals surface area contributed by atoms with Crippen molar-refractivity contribution in [3.63, 3.8) is 0 Å². The maximum Gasteiger partial charge on any atom is 0.253 e. The molecule has 0 aromatic heterocycles. The zero-order valence-electron chi connectivity index (χ0n) is 17.5. The van der Waals surface area contributed by atoms with Crippen molar-refractivity contribution in [2.45, 2.75) is 13.5 Å². The van der Waals surface area contributed by atoms with Gasteiger partial charge in [-0.2, -0.15) is 0 Å². The van der Waals surface area contributed by atoms with Gasteiger partial charge in [0.2, 0.25) is 5.91 Å². The standard InChI is InChI=1S/C23H28N4O3/c1-17-5-3-4-6-20(17)22(29)25-16-21(28)24-15-18-7-9-19(10-8-18)23(30)27-13-11-26(2)12-14-27/h3-10H,11-16H2,1-2H3,(H,24,28)(H,25,29). The third-order valence-corrected chi connectivity index (χ3v) is 5.28. The van der Waals surface area contributed by atoms with E-state index in [-0.39, 0.29) is 24.3 Å². The minimum Gasteiger partial charge on any atom is -0.350 e. The monoisotopic (exact) mass is 408 g/mol. The highest BCUT2D eigenvalue weighted by molar-refractivity contribution is 5.97. The molecule has 158 valence electrons. The van der Waals surface area contributed by atoms with E-state index in [4.69, 9.17) is 0 Å². The molecule has 0 radical (unpaired) electrons. The van der Waals surface area contributed by atoms with Crippen LogP contribution >= 0.6 is 0 Å². The van der Waals surface area contributed by atoms with E-state index >= 15 is 0 Å². The fourth-order valence-electron chi connectivity index (χ4n) is 3.30. The normalized spacial score (nSPS) is 14.3. The Bertz CT molecular complexity index is 903. The van der Waals surface area contributed by atoms with Crippen molar-refractivity contribution in [1.29, 1.82) is 0 Å². The van der Waals surface area contributed by atoms with Crippen LogP contribution in [0.2, 0.25) is 0 Å². The Kier molecular flexibility index (Phi) is 7.19. The van der Waals surface area contributed by atoms with Crippen LogP contribution in [-0.2, 0) is 11.3 Å². The van der Waals surface area contributed by atoms with Crippen molar-refractivity contribution in [3.05, 3.63) is 70.8 Å². The fourth-order valence-corrected chi connectivity index (χ4v) is 3.30. The third kappa shape index (κ3) is 5.67. The van der Waals surface area contributed by atoms with E-state index in [0.29, 0.717) is 17.7 Å². The molecule has 2 N–H and O–H groups in total. The average Bonchev–Trinajstić information content (AvgIpc) is 2.77. The van der Waals surface area contributed by atoms with E-state index in [9.17, 15) is 14.4 Å².